The summed E-state index contributed by atoms with van der Waals surface area (Å²) in [5.74, 6) is -0.283. The van der Waals surface area contributed by atoms with Gasteiger partial charge < -0.3 is 89.9 Å². The highest BCUT2D eigenvalue weighted by atomic mass is 16.8. The second kappa shape index (κ2) is 68.1. The normalized spacial score (nSPS) is 25.9. The van der Waals surface area contributed by atoms with Crippen molar-refractivity contribution in [3.8, 4) is 0 Å². The smallest absolute Gasteiger partial charge is 0.220 e. The maximum absolute atomic E-state index is 13.5. The largest absolute Gasteiger partial charge is 0.394 e. The van der Waals surface area contributed by atoms with Crippen LogP contribution < -0.4 is 5.32 Å². The fourth-order valence-corrected chi connectivity index (χ4v) is 14.2. The number of ether oxygens (including phenoxy) is 6. The molecule has 0 aromatic carbocycles. The molecule has 0 spiro atoms. The lowest BCUT2D eigenvalue weighted by molar-refractivity contribution is -0.379. The number of amides is 1. The molecule has 0 bridgehead atoms. The molecule has 0 radical (unpaired) electrons. The van der Waals surface area contributed by atoms with E-state index in [2.05, 4.69) is 104 Å². The van der Waals surface area contributed by atoms with Crippen LogP contribution in [-0.4, -0.2) is 193 Å². The van der Waals surface area contributed by atoms with Gasteiger partial charge in [0, 0.05) is 6.42 Å². The van der Waals surface area contributed by atoms with Crippen molar-refractivity contribution in [2.24, 2.45) is 0 Å². The summed E-state index contributed by atoms with van der Waals surface area (Å²) >= 11 is 0. The minimum absolute atomic E-state index is 0.234. The maximum Gasteiger partial charge on any atom is 0.220 e. The van der Waals surface area contributed by atoms with Crippen LogP contribution in [0.1, 0.15) is 328 Å². The monoisotopic (exact) mass is 1530 g/mol. The van der Waals surface area contributed by atoms with Gasteiger partial charge in [0.15, 0.2) is 18.9 Å². The summed E-state index contributed by atoms with van der Waals surface area (Å²) in [6.07, 6.45) is 66.9. The molecule has 3 aliphatic rings. The highest BCUT2D eigenvalue weighted by Crippen LogP contribution is 2.33. The van der Waals surface area contributed by atoms with Crippen LogP contribution >= 0.6 is 0 Å². The van der Waals surface area contributed by atoms with E-state index in [0.717, 1.165) is 77.0 Å². The van der Waals surface area contributed by atoms with Gasteiger partial charge in [0.2, 0.25) is 5.91 Å². The number of carbonyl (C=O) groups excluding carboxylic acids is 1. The van der Waals surface area contributed by atoms with E-state index >= 15 is 0 Å². The molecule has 3 rings (SSSR count). The first-order chi connectivity index (χ1) is 52.8. The van der Waals surface area contributed by atoms with Gasteiger partial charge in [-0.15, -0.1) is 0 Å². The van der Waals surface area contributed by atoms with Crippen LogP contribution in [0, 0.1) is 0 Å². The molecule has 17 atom stereocenters. The molecule has 108 heavy (non-hydrogen) atoms. The predicted octanol–water partition coefficient (Wildman–Crippen LogP) is 15.9. The summed E-state index contributed by atoms with van der Waals surface area (Å²) in [5.41, 5.74) is 0. The molecule has 19 nitrogen and oxygen atoms in total. The van der Waals surface area contributed by atoms with E-state index in [-0.39, 0.29) is 18.9 Å². The Morgan fingerprint density at radius 2 is 0.648 bits per heavy atom. The Morgan fingerprint density at radius 3 is 1.04 bits per heavy atom. The number of carbonyl (C=O) groups is 1. The van der Waals surface area contributed by atoms with Crippen LogP contribution in [0.3, 0.4) is 0 Å². The Bertz CT molecular complexity index is 2330. The van der Waals surface area contributed by atoms with Gasteiger partial charge in [0.05, 0.1) is 38.6 Å². The van der Waals surface area contributed by atoms with Crippen molar-refractivity contribution in [2.75, 3.05) is 26.4 Å². The van der Waals surface area contributed by atoms with Crippen LogP contribution in [0.25, 0.3) is 0 Å². The van der Waals surface area contributed by atoms with Crippen molar-refractivity contribution in [1.82, 2.24) is 5.32 Å². The lowest BCUT2D eigenvalue weighted by Crippen LogP contribution is -2.66. The number of rotatable bonds is 69. The van der Waals surface area contributed by atoms with E-state index in [1.165, 1.54) is 218 Å². The molecule has 12 N–H and O–H groups in total. The molecular weight excluding hydrogens is 1370 g/mol. The number of aliphatic hydroxyl groups is 11. The zero-order chi connectivity index (χ0) is 78.1. The number of aliphatic hydroxyl groups excluding tert-OH is 11. The molecule has 3 aliphatic heterocycles. The van der Waals surface area contributed by atoms with Crippen LogP contribution in [0.2, 0.25) is 0 Å². The van der Waals surface area contributed by atoms with Gasteiger partial charge in [-0.25, -0.2) is 0 Å². The third kappa shape index (κ3) is 46.8. The van der Waals surface area contributed by atoms with Crippen LogP contribution in [-0.2, 0) is 33.2 Å². The quantitative estimate of drug-likeness (QED) is 0.0199. The molecule has 0 saturated carbocycles. The summed E-state index contributed by atoms with van der Waals surface area (Å²) in [6.45, 7) is 1.64. The van der Waals surface area contributed by atoms with E-state index in [4.69, 9.17) is 28.4 Å². The average Bonchev–Trinajstić information content (AvgIpc) is 0.779. The third-order valence-corrected chi connectivity index (χ3v) is 21.1. The first-order valence-corrected chi connectivity index (χ1v) is 43.5. The van der Waals surface area contributed by atoms with Crippen LogP contribution in [0.5, 0.6) is 0 Å². The van der Waals surface area contributed by atoms with E-state index in [9.17, 15) is 61.0 Å². The SMILES string of the molecule is CC/C=C\C/C=C\C/C=C\C/C=C\C/C=C\C/C=C\CCCCCCCCCCCCCCCCCCCCC(=O)NC(COC1OC(CO)C(OC2OC(CO)C(OC3OC(CO)C(O)C(O)C3O)C(O)C2O)C(O)C1O)C(O)/C=C/CC/C=C/CCCCCCCCCCCCCCCCCCCCCC. The minimum Gasteiger partial charge on any atom is -0.394 e. The molecular formula is C89H157NO18. The molecule has 3 saturated heterocycles. The number of unbranched alkanes of at least 4 members (excludes halogenated alkanes) is 39. The Kier molecular flexibility index (Phi) is 62.4. The molecule has 0 aromatic heterocycles. The van der Waals surface area contributed by atoms with E-state index in [1.54, 1.807) is 6.08 Å². The van der Waals surface area contributed by atoms with Crippen molar-refractivity contribution in [3.05, 3.63) is 97.2 Å². The third-order valence-electron chi connectivity index (χ3n) is 21.1. The molecule has 3 fully saturated rings. The summed E-state index contributed by atoms with van der Waals surface area (Å²) in [4.78, 5) is 13.5. The van der Waals surface area contributed by atoms with Crippen molar-refractivity contribution in [3.63, 3.8) is 0 Å². The number of nitrogens with one attached hydrogen (secondary N) is 1. The number of allylic oxidation sites excluding steroid dienone is 15. The highest BCUT2D eigenvalue weighted by Gasteiger charge is 2.54. The molecule has 19 heteroatoms. The standard InChI is InChI=1S/C89H157NO18/c1-3-5-7-9-11-13-15-17-19-21-23-25-27-29-31-32-33-34-35-36-37-38-39-40-41-43-45-47-49-51-53-55-57-59-61-63-65-67-77(95)90-72(73(94)66-64-62-60-58-56-54-52-50-48-46-44-42-30-28-26-24-22-20-18-16-14-12-10-8-6-4-2)71-103-87-83(101)80(98)85(75(69-92)105-87)108-89-84(102)81(99)86(76(70-93)106-89)107-88-82(100)79(97)78(96)74(68-91)104-88/h5,7,11,13,17,19,23,25,29,31,33-34,56,58,64,66,72-76,78-89,91-94,96-102H,3-4,6,8-10,12,14-16,18,20-22,24,26-28,30,32,35-55,57,59-63,65,67-71H2,1-2H3,(H,90,95)/b7-5-,13-11-,19-17-,25-23-,31-29-,34-33-,58-56+,66-64+. The first kappa shape index (κ1) is 98.9. The summed E-state index contributed by atoms with van der Waals surface area (Å²) in [5, 5.41) is 121. The van der Waals surface area contributed by atoms with E-state index in [1.807, 2.05) is 6.08 Å². The molecule has 3 heterocycles. The van der Waals surface area contributed by atoms with Crippen molar-refractivity contribution < 1.29 is 89.4 Å². The van der Waals surface area contributed by atoms with Gasteiger partial charge in [-0.3, -0.25) is 4.79 Å². The fourth-order valence-electron chi connectivity index (χ4n) is 14.2. The van der Waals surface area contributed by atoms with Crippen molar-refractivity contribution in [1.29, 1.82) is 0 Å². The Balaban J connectivity index is 1.34. The Morgan fingerprint density at radius 1 is 0.343 bits per heavy atom. The molecule has 17 unspecified atom stereocenters. The minimum atomic E-state index is -1.98. The fraction of sp³-hybridized carbons (Fsp3) is 0.809. The lowest BCUT2D eigenvalue weighted by atomic mass is 9.96. The van der Waals surface area contributed by atoms with Crippen LogP contribution in [0.15, 0.2) is 97.2 Å². The maximum atomic E-state index is 13.5. The van der Waals surface area contributed by atoms with E-state index in [0.29, 0.717) is 12.8 Å². The summed E-state index contributed by atoms with van der Waals surface area (Å²) in [6, 6.07) is -0.996. The highest BCUT2D eigenvalue weighted by molar-refractivity contribution is 5.76. The van der Waals surface area contributed by atoms with Gasteiger partial charge in [0.1, 0.15) is 73.2 Å². The van der Waals surface area contributed by atoms with Crippen LogP contribution in [0.4, 0.5) is 0 Å². The molecule has 0 aromatic rings. The predicted molar refractivity (Wildman–Crippen MR) is 434 cm³/mol. The second-order valence-electron chi connectivity index (χ2n) is 30.6. The molecule has 626 valence electrons. The van der Waals surface area contributed by atoms with Gasteiger partial charge in [-0.2, -0.15) is 0 Å². The van der Waals surface area contributed by atoms with Gasteiger partial charge >= 0.3 is 0 Å². The number of hydrogen-bond acceptors (Lipinski definition) is 18. The summed E-state index contributed by atoms with van der Waals surface area (Å²) in [7, 11) is 0. The van der Waals surface area contributed by atoms with Gasteiger partial charge in [-0.1, -0.05) is 336 Å². The Labute approximate surface area is 653 Å². The van der Waals surface area contributed by atoms with Gasteiger partial charge in [-0.05, 0) is 83.5 Å². The van der Waals surface area contributed by atoms with E-state index < -0.39 is 124 Å². The molecule has 0 aliphatic carbocycles. The van der Waals surface area contributed by atoms with Gasteiger partial charge in [0.25, 0.3) is 0 Å². The average molecular weight is 1530 g/mol. The zero-order valence-corrected chi connectivity index (χ0v) is 67.3. The topological polar surface area (TPSA) is 307 Å². The Hall–Kier alpha value is -3.29. The number of hydrogen-bond donors (Lipinski definition) is 12. The van der Waals surface area contributed by atoms with Crippen molar-refractivity contribution in [2.45, 2.75) is 433 Å². The zero-order valence-electron chi connectivity index (χ0n) is 67.3. The first-order valence-electron chi connectivity index (χ1n) is 43.5. The summed E-state index contributed by atoms with van der Waals surface area (Å²) < 4.78 is 34.5. The second-order valence-corrected chi connectivity index (χ2v) is 30.6. The molecule has 1 amide bonds. The lowest BCUT2D eigenvalue weighted by Gasteiger charge is -2.48. The van der Waals surface area contributed by atoms with Crippen molar-refractivity contribution >= 4 is 5.91 Å².